The number of anilines is 2. The van der Waals surface area contributed by atoms with E-state index in [1.54, 1.807) is 12.1 Å². The SMILES string of the molecule is Nc1cc(Cl)cc(N)c1-c1noc2ccccc12. The summed E-state index contributed by atoms with van der Waals surface area (Å²) in [6.45, 7) is 0. The summed E-state index contributed by atoms with van der Waals surface area (Å²) in [5, 5.41) is 5.41. The predicted molar refractivity (Wildman–Crippen MR) is 73.3 cm³/mol. The van der Waals surface area contributed by atoms with Crippen LogP contribution in [0.4, 0.5) is 11.4 Å². The average molecular weight is 260 g/mol. The second-order valence-electron chi connectivity index (χ2n) is 3.99. The summed E-state index contributed by atoms with van der Waals surface area (Å²) >= 11 is 5.90. The van der Waals surface area contributed by atoms with Gasteiger partial charge in [0.1, 0.15) is 5.69 Å². The van der Waals surface area contributed by atoms with Crippen LogP contribution in [0.3, 0.4) is 0 Å². The van der Waals surface area contributed by atoms with Crippen LogP contribution < -0.4 is 11.5 Å². The molecule has 0 aliphatic carbocycles. The van der Waals surface area contributed by atoms with Crippen molar-refractivity contribution in [2.24, 2.45) is 0 Å². The molecule has 3 rings (SSSR count). The molecule has 4 N–H and O–H groups in total. The Kier molecular flexibility index (Phi) is 2.38. The molecule has 0 amide bonds. The van der Waals surface area contributed by atoms with Crippen LogP contribution in [0.25, 0.3) is 22.2 Å². The number of hydrogen-bond acceptors (Lipinski definition) is 4. The topological polar surface area (TPSA) is 78.1 Å². The third-order valence-corrected chi connectivity index (χ3v) is 3.00. The van der Waals surface area contributed by atoms with Gasteiger partial charge in [-0.3, -0.25) is 0 Å². The van der Waals surface area contributed by atoms with E-state index >= 15 is 0 Å². The van der Waals surface area contributed by atoms with Crippen LogP contribution >= 0.6 is 11.6 Å². The highest BCUT2D eigenvalue weighted by molar-refractivity contribution is 6.31. The van der Waals surface area contributed by atoms with Crippen molar-refractivity contribution in [2.75, 3.05) is 11.5 Å². The molecule has 0 spiro atoms. The number of fused-ring (bicyclic) bond motifs is 1. The molecule has 0 aliphatic heterocycles. The van der Waals surface area contributed by atoms with Gasteiger partial charge in [0.15, 0.2) is 5.58 Å². The molecule has 0 atom stereocenters. The first kappa shape index (κ1) is 10.9. The first-order valence-corrected chi connectivity index (χ1v) is 5.74. The smallest absolute Gasteiger partial charge is 0.167 e. The third-order valence-electron chi connectivity index (χ3n) is 2.78. The van der Waals surface area contributed by atoms with Gasteiger partial charge in [0.05, 0.1) is 5.56 Å². The molecular formula is C13H10ClN3O. The van der Waals surface area contributed by atoms with Crippen molar-refractivity contribution in [3.63, 3.8) is 0 Å². The zero-order valence-electron chi connectivity index (χ0n) is 9.35. The lowest BCUT2D eigenvalue weighted by molar-refractivity contribution is 0.459. The first-order valence-electron chi connectivity index (χ1n) is 5.36. The van der Waals surface area contributed by atoms with Crippen LogP contribution in [0.5, 0.6) is 0 Å². The molecule has 1 heterocycles. The molecule has 2 aromatic carbocycles. The molecule has 3 aromatic rings. The fourth-order valence-corrected chi connectivity index (χ4v) is 2.22. The van der Waals surface area contributed by atoms with Crippen LogP contribution in [0.2, 0.25) is 5.02 Å². The molecule has 4 nitrogen and oxygen atoms in total. The molecule has 18 heavy (non-hydrogen) atoms. The fraction of sp³-hybridized carbons (Fsp3) is 0. The van der Waals surface area contributed by atoms with Crippen LogP contribution in [-0.4, -0.2) is 5.16 Å². The maximum absolute atomic E-state index is 5.96. The number of halogens is 1. The van der Waals surface area contributed by atoms with E-state index < -0.39 is 0 Å². The minimum atomic E-state index is 0.485. The standard InChI is InChI=1S/C13H10ClN3O/c14-7-5-9(15)12(10(16)6-7)13-8-3-1-2-4-11(8)18-17-13/h1-6H,15-16H2. The van der Waals surface area contributed by atoms with Gasteiger partial charge in [0.2, 0.25) is 0 Å². The Morgan fingerprint density at radius 3 is 2.44 bits per heavy atom. The van der Waals surface area contributed by atoms with Crippen LogP contribution in [0, 0.1) is 0 Å². The summed E-state index contributed by atoms with van der Waals surface area (Å²) in [6.07, 6.45) is 0. The van der Waals surface area contributed by atoms with E-state index in [0.29, 0.717) is 33.2 Å². The van der Waals surface area contributed by atoms with E-state index in [1.807, 2.05) is 24.3 Å². The van der Waals surface area contributed by atoms with Gasteiger partial charge in [0.25, 0.3) is 0 Å². The lowest BCUT2D eigenvalue weighted by atomic mass is 10.0. The van der Waals surface area contributed by atoms with E-state index in [-0.39, 0.29) is 0 Å². The van der Waals surface area contributed by atoms with Crippen molar-refractivity contribution in [1.82, 2.24) is 5.16 Å². The molecule has 90 valence electrons. The first-order chi connectivity index (χ1) is 8.66. The largest absolute Gasteiger partial charge is 0.398 e. The Morgan fingerprint density at radius 2 is 1.72 bits per heavy atom. The number of benzene rings is 2. The van der Waals surface area contributed by atoms with Gasteiger partial charge in [-0.15, -0.1) is 0 Å². The average Bonchev–Trinajstić information content (AvgIpc) is 2.72. The Morgan fingerprint density at radius 1 is 1.06 bits per heavy atom. The summed E-state index contributed by atoms with van der Waals surface area (Å²) in [5.41, 5.74) is 14.9. The van der Waals surface area contributed by atoms with Crippen LogP contribution in [-0.2, 0) is 0 Å². The number of aromatic nitrogens is 1. The van der Waals surface area contributed by atoms with Crippen molar-refractivity contribution in [1.29, 1.82) is 0 Å². The minimum Gasteiger partial charge on any atom is -0.398 e. The van der Waals surface area contributed by atoms with Gasteiger partial charge in [-0.1, -0.05) is 28.9 Å². The summed E-state index contributed by atoms with van der Waals surface area (Å²) in [7, 11) is 0. The number of nitrogens with zero attached hydrogens (tertiary/aromatic N) is 1. The highest BCUT2D eigenvalue weighted by Gasteiger charge is 2.15. The van der Waals surface area contributed by atoms with Crippen molar-refractivity contribution < 1.29 is 4.52 Å². The summed E-state index contributed by atoms with van der Waals surface area (Å²) in [5.74, 6) is 0. The zero-order chi connectivity index (χ0) is 12.7. The monoisotopic (exact) mass is 259 g/mol. The Bertz CT molecular complexity index is 713. The fourth-order valence-electron chi connectivity index (χ4n) is 1.99. The van der Waals surface area contributed by atoms with Crippen molar-refractivity contribution in [3.8, 4) is 11.3 Å². The molecule has 0 saturated carbocycles. The molecule has 0 bridgehead atoms. The zero-order valence-corrected chi connectivity index (χ0v) is 10.1. The van der Waals surface area contributed by atoms with Gasteiger partial charge in [-0.2, -0.15) is 0 Å². The van der Waals surface area contributed by atoms with Gasteiger partial charge >= 0.3 is 0 Å². The van der Waals surface area contributed by atoms with E-state index in [2.05, 4.69) is 5.16 Å². The van der Waals surface area contributed by atoms with Crippen molar-refractivity contribution in [2.45, 2.75) is 0 Å². The van der Waals surface area contributed by atoms with E-state index in [0.717, 1.165) is 5.39 Å². The van der Waals surface area contributed by atoms with E-state index in [9.17, 15) is 0 Å². The molecular weight excluding hydrogens is 250 g/mol. The number of nitrogen functional groups attached to an aromatic ring is 2. The second-order valence-corrected chi connectivity index (χ2v) is 4.42. The molecule has 0 aliphatic rings. The third kappa shape index (κ3) is 1.58. The van der Waals surface area contributed by atoms with Gasteiger partial charge < -0.3 is 16.0 Å². The van der Waals surface area contributed by atoms with Crippen molar-refractivity contribution in [3.05, 3.63) is 41.4 Å². The van der Waals surface area contributed by atoms with Gasteiger partial charge in [-0.25, -0.2) is 0 Å². The van der Waals surface area contributed by atoms with Crippen LogP contribution in [0.15, 0.2) is 40.9 Å². The van der Waals surface area contributed by atoms with E-state index in [4.69, 9.17) is 27.6 Å². The highest BCUT2D eigenvalue weighted by Crippen LogP contribution is 2.37. The Hall–Kier alpha value is -2.20. The quantitative estimate of drug-likeness (QED) is 0.657. The molecule has 0 saturated heterocycles. The van der Waals surface area contributed by atoms with Crippen LogP contribution in [0.1, 0.15) is 0 Å². The van der Waals surface area contributed by atoms with Gasteiger partial charge in [-0.05, 0) is 24.3 Å². The number of nitrogens with two attached hydrogens (primary N) is 2. The number of rotatable bonds is 1. The lowest BCUT2D eigenvalue weighted by Gasteiger charge is -2.07. The Labute approximate surface area is 108 Å². The number of hydrogen-bond donors (Lipinski definition) is 2. The van der Waals surface area contributed by atoms with E-state index in [1.165, 1.54) is 0 Å². The molecule has 5 heteroatoms. The maximum atomic E-state index is 5.96. The van der Waals surface area contributed by atoms with Gasteiger partial charge in [0, 0.05) is 21.8 Å². The Balaban J connectivity index is 2.33. The lowest BCUT2D eigenvalue weighted by Crippen LogP contribution is -1.97. The summed E-state index contributed by atoms with van der Waals surface area (Å²) in [6, 6.07) is 10.8. The molecule has 0 fully saturated rings. The molecule has 0 radical (unpaired) electrons. The molecule has 1 aromatic heterocycles. The second kappa shape index (κ2) is 3.92. The predicted octanol–water partition coefficient (Wildman–Crippen LogP) is 3.31. The number of para-hydroxylation sites is 1. The summed E-state index contributed by atoms with van der Waals surface area (Å²) in [4.78, 5) is 0. The maximum Gasteiger partial charge on any atom is 0.167 e. The normalized spacial score (nSPS) is 10.9. The van der Waals surface area contributed by atoms with Crippen molar-refractivity contribution >= 4 is 33.9 Å². The highest BCUT2D eigenvalue weighted by atomic mass is 35.5. The minimum absolute atomic E-state index is 0.485. The molecule has 0 unspecified atom stereocenters. The summed E-state index contributed by atoms with van der Waals surface area (Å²) < 4.78 is 5.25.